The fourth-order valence-electron chi connectivity index (χ4n) is 8.83. The van der Waals surface area contributed by atoms with Gasteiger partial charge in [-0.25, -0.2) is 15.0 Å². The van der Waals surface area contributed by atoms with Gasteiger partial charge in [-0.2, -0.15) is 0 Å². The van der Waals surface area contributed by atoms with Gasteiger partial charge in [0.1, 0.15) is 11.2 Å². The molecule has 0 unspecified atom stereocenters. The molecule has 4 heteroatoms. The molecular formula is C53H31N3O. The Hall–Kier alpha value is -7.69. The molecule has 0 amide bonds. The second kappa shape index (κ2) is 12.4. The fourth-order valence-corrected chi connectivity index (χ4v) is 8.83. The smallest absolute Gasteiger partial charge is 0.164 e. The highest BCUT2D eigenvalue weighted by Crippen LogP contribution is 2.46. The van der Waals surface area contributed by atoms with E-state index in [4.69, 9.17) is 19.4 Å². The van der Waals surface area contributed by atoms with Crippen molar-refractivity contribution in [3.63, 3.8) is 0 Å². The normalized spacial score (nSPS) is 11.9. The quantitative estimate of drug-likeness (QED) is 0.166. The van der Waals surface area contributed by atoms with Crippen LogP contribution >= 0.6 is 0 Å². The van der Waals surface area contributed by atoms with Crippen molar-refractivity contribution in [1.82, 2.24) is 15.0 Å². The predicted molar refractivity (Wildman–Crippen MR) is 235 cm³/mol. The molecule has 0 atom stereocenters. The summed E-state index contributed by atoms with van der Waals surface area (Å²) in [5.41, 5.74) is 9.20. The van der Waals surface area contributed by atoms with E-state index < -0.39 is 0 Å². The summed E-state index contributed by atoms with van der Waals surface area (Å²) in [4.78, 5) is 14.8. The van der Waals surface area contributed by atoms with Gasteiger partial charge in [0.25, 0.3) is 0 Å². The molecule has 0 fully saturated rings. The Morgan fingerprint density at radius 2 is 0.825 bits per heavy atom. The van der Waals surface area contributed by atoms with Gasteiger partial charge >= 0.3 is 0 Å². The summed E-state index contributed by atoms with van der Waals surface area (Å²) in [6.07, 6.45) is 0. The van der Waals surface area contributed by atoms with E-state index in [1.54, 1.807) is 0 Å². The minimum Gasteiger partial charge on any atom is -0.455 e. The zero-order valence-corrected chi connectivity index (χ0v) is 30.6. The van der Waals surface area contributed by atoms with Crippen molar-refractivity contribution in [3.8, 4) is 56.4 Å². The van der Waals surface area contributed by atoms with Crippen LogP contribution in [0.3, 0.4) is 0 Å². The Morgan fingerprint density at radius 1 is 0.298 bits per heavy atom. The van der Waals surface area contributed by atoms with Crippen molar-refractivity contribution in [3.05, 3.63) is 188 Å². The van der Waals surface area contributed by atoms with Crippen LogP contribution in [0.1, 0.15) is 0 Å². The zero-order chi connectivity index (χ0) is 37.5. The summed E-state index contributed by atoms with van der Waals surface area (Å²) in [5, 5.41) is 12.1. The SMILES string of the molecule is c1ccc(-c2nc(-c3ccccc3)nc(-c3ccc(-c4cccc5oc6c7ccccc7c(-c7cc8cccc9ccc%10cccc7c%10c98)cc6c45)cc3)n2)cc1. The van der Waals surface area contributed by atoms with Crippen molar-refractivity contribution in [1.29, 1.82) is 0 Å². The van der Waals surface area contributed by atoms with Crippen molar-refractivity contribution >= 4 is 65.0 Å². The van der Waals surface area contributed by atoms with E-state index in [2.05, 4.69) is 127 Å². The molecule has 4 nitrogen and oxygen atoms in total. The molecule has 0 spiro atoms. The van der Waals surface area contributed by atoms with Crippen LogP contribution in [0.5, 0.6) is 0 Å². The highest BCUT2D eigenvalue weighted by atomic mass is 16.3. The molecule has 0 aliphatic rings. The first kappa shape index (κ1) is 31.6. The number of nitrogens with zero attached hydrogens (tertiary/aromatic N) is 3. The molecule has 0 saturated carbocycles. The summed E-state index contributed by atoms with van der Waals surface area (Å²) in [7, 11) is 0. The van der Waals surface area contributed by atoms with Gasteiger partial charge in [-0.15, -0.1) is 0 Å². The molecule has 0 bridgehead atoms. The average molecular weight is 726 g/mol. The number of aromatic nitrogens is 3. The molecule has 0 aliphatic heterocycles. The van der Waals surface area contributed by atoms with Gasteiger partial charge < -0.3 is 4.42 Å². The van der Waals surface area contributed by atoms with Crippen LogP contribution in [0.25, 0.3) is 121 Å². The van der Waals surface area contributed by atoms with E-state index in [1.165, 1.54) is 48.8 Å². The van der Waals surface area contributed by atoms with Gasteiger partial charge in [-0.05, 0) is 78.2 Å². The molecule has 0 radical (unpaired) electrons. The lowest BCUT2D eigenvalue weighted by Crippen LogP contribution is -2.00. The molecular weight excluding hydrogens is 695 g/mol. The molecule has 264 valence electrons. The van der Waals surface area contributed by atoms with E-state index in [0.29, 0.717) is 17.5 Å². The Morgan fingerprint density at radius 3 is 1.53 bits per heavy atom. The molecule has 2 aromatic heterocycles. The Bertz CT molecular complexity index is 3440. The van der Waals surface area contributed by atoms with Crippen LogP contribution in [-0.2, 0) is 0 Å². The summed E-state index contributed by atoms with van der Waals surface area (Å²) < 4.78 is 6.79. The number of benzene rings is 10. The molecule has 0 aliphatic carbocycles. The third kappa shape index (κ3) is 4.98. The Balaban J connectivity index is 1.05. The lowest BCUT2D eigenvalue weighted by atomic mass is 9.86. The van der Waals surface area contributed by atoms with Crippen LogP contribution < -0.4 is 0 Å². The van der Waals surface area contributed by atoms with Crippen LogP contribution in [0.2, 0.25) is 0 Å². The number of fused-ring (bicyclic) bond motifs is 5. The van der Waals surface area contributed by atoms with Crippen LogP contribution in [0, 0.1) is 0 Å². The fraction of sp³-hybridized carbons (Fsp3) is 0. The topological polar surface area (TPSA) is 51.8 Å². The molecule has 12 rings (SSSR count). The molecule has 12 aromatic rings. The summed E-state index contributed by atoms with van der Waals surface area (Å²) in [5.74, 6) is 1.92. The van der Waals surface area contributed by atoms with Gasteiger partial charge in [-0.1, -0.05) is 170 Å². The van der Waals surface area contributed by atoms with E-state index >= 15 is 0 Å². The average Bonchev–Trinajstić information content (AvgIpc) is 3.68. The van der Waals surface area contributed by atoms with Gasteiger partial charge in [0.2, 0.25) is 0 Å². The van der Waals surface area contributed by atoms with Crippen molar-refractivity contribution in [2.75, 3.05) is 0 Å². The molecule has 57 heavy (non-hydrogen) atoms. The highest BCUT2D eigenvalue weighted by molar-refractivity contribution is 6.29. The van der Waals surface area contributed by atoms with Crippen molar-refractivity contribution in [2.45, 2.75) is 0 Å². The third-order valence-electron chi connectivity index (χ3n) is 11.5. The first-order valence-corrected chi connectivity index (χ1v) is 19.3. The largest absolute Gasteiger partial charge is 0.455 e. The lowest BCUT2D eigenvalue weighted by Gasteiger charge is -2.16. The van der Waals surface area contributed by atoms with Crippen molar-refractivity contribution < 1.29 is 4.42 Å². The highest BCUT2D eigenvalue weighted by Gasteiger charge is 2.21. The summed E-state index contributed by atoms with van der Waals surface area (Å²) >= 11 is 0. The number of rotatable bonds is 5. The first-order valence-electron chi connectivity index (χ1n) is 19.3. The Labute approximate surface area is 327 Å². The van der Waals surface area contributed by atoms with Crippen LogP contribution in [-0.4, -0.2) is 15.0 Å². The first-order chi connectivity index (χ1) is 28.2. The summed E-state index contributed by atoms with van der Waals surface area (Å²) in [6.45, 7) is 0. The van der Waals surface area contributed by atoms with E-state index in [0.717, 1.165) is 55.1 Å². The lowest BCUT2D eigenvalue weighted by molar-refractivity contribution is 0.673. The monoisotopic (exact) mass is 725 g/mol. The van der Waals surface area contributed by atoms with Crippen LogP contribution in [0.4, 0.5) is 0 Å². The minimum atomic E-state index is 0.630. The predicted octanol–water partition coefficient (Wildman–Crippen LogP) is 14.2. The maximum atomic E-state index is 6.79. The molecule has 10 aromatic carbocycles. The summed E-state index contributed by atoms with van der Waals surface area (Å²) in [6, 6.07) is 66.3. The maximum absolute atomic E-state index is 6.79. The standard InChI is InChI=1S/C53H31N3O/c1-3-12-35(13-4-1)51-54-52(36-14-5-2-6-15-36)56-53(55-51)37-28-24-32(25-29-37)39-21-11-23-46-49(39)45-31-44(40-19-7-8-20-42(40)50(45)57-46)43-30-38-18-9-16-33-26-27-34-17-10-22-41(43)48(34)47(33)38/h1-31H. The molecule has 2 heterocycles. The van der Waals surface area contributed by atoms with Gasteiger partial charge in [0, 0.05) is 32.8 Å². The minimum absolute atomic E-state index is 0.630. The number of hydrogen-bond acceptors (Lipinski definition) is 4. The van der Waals surface area contributed by atoms with E-state index in [1.807, 2.05) is 60.7 Å². The second-order valence-corrected chi connectivity index (χ2v) is 14.7. The number of hydrogen-bond donors (Lipinski definition) is 0. The van der Waals surface area contributed by atoms with Crippen molar-refractivity contribution in [2.24, 2.45) is 0 Å². The molecule has 0 N–H and O–H groups in total. The van der Waals surface area contributed by atoms with Gasteiger partial charge in [-0.3, -0.25) is 0 Å². The molecule has 0 saturated heterocycles. The van der Waals surface area contributed by atoms with Gasteiger partial charge in [0.05, 0.1) is 0 Å². The zero-order valence-electron chi connectivity index (χ0n) is 30.6. The maximum Gasteiger partial charge on any atom is 0.164 e. The van der Waals surface area contributed by atoms with E-state index in [-0.39, 0.29) is 0 Å². The second-order valence-electron chi connectivity index (χ2n) is 14.7. The van der Waals surface area contributed by atoms with Crippen LogP contribution in [0.15, 0.2) is 192 Å². The van der Waals surface area contributed by atoms with Gasteiger partial charge in [0.15, 0.2) is 17.5 Å². The Kier molecular flexibility index (Phi) is 6.89. The number of furan rings is 1. The van der Waals surface area contributed by atoms with E-state index in [9.17, 15) is 0 Å². The third-order valence-corrected chi connectivity index (χ3v) is 11.5.